The third-order valence-electron chi connectivity index (χ3n) is 2.73. The summed E-state index contributed by atoms with van der Waals surface area (Å²) in [6, 6.07) is 12.8. The van der Waals surface area contributed by atoms with E-state index in [0.29, 0.717) is 42.0 Å². The highest BCUT2D eigenvalue weighted by Gasteiger charge is 2.06. The van der Waals surface area contributed by atoms with Gasteiger partial charge in [0.15, 0.2) is 17.2 Å². The number of hydrogen-bond donors (Lipinski definition) is 1. The van der Waals surface area contributed by atoms with Gasteiger partial charge in [0.25, 0.3) is 0 Å². The summed E-state index contributed by atoms with van der Waals surface area (Å²) in [4.78, 5) is 0. The Morgan fingerprint density at radius 2 is 1.57 bits per heavy atom. The Morgan fingerprint density at radius 1 is 0.905 bits per heavy atom. The lowest BCUT2D eigenvalue weighted by Crippen LogP contribution is -2.11. The highest BCUT2D eigenvalue weighted by Crippen LogP contribution is 2.30. The van der Waals surface area contributed by atoms with E-state index in [1.54, 1.807) is 18.2 Å². The molecule has 0 aromatic heterocycles. The minimum atomic E-state index is 0.342. The summed E-state index contributed by atoms with van der Waals surface area (Å²) in [5.41, 5.74) is 6.32. The molecule has 0 amide bonds. The van der Waals surface area contributed by atoms with Crippen molar-refractivity contribution in [2.24, 2.45) is 0 Å². The summed E-state index contributed by atoms with van der Waals surface area (Å²) in [6.45, 7) is 3.23. The van der Waals surface area contributed by atoms with Crippen LogP contribution < -0.4 is 19.9 Å². The average molecular weight is 308 g/mol. The van der Waals surface area contributed by atoms with E-state index in [1.807, 2.05) is 31.2 Å². The molecule has 0 fully saturated rings. The van der Waals surface area contributed by atoms with E-state index in [0.717, 1.165) is 5.75 Å². The maximum Gasteiger partial charge on any atom is 0.161 e. The average Bonchev–Trinajstić information content (AvgIpc) is 2.48. The Morgan fingerprint density at radius 3 is 2.24 bits per heavy atom. The maximum absolute atomic E-state index is 6.03. The first-order valence-corrected chi connectivity index (χ1v) is 7.11. The van der Waals surface area contributed by atoms with Crippen LogP contribution in [0.4, 0.5) is 5.69 Å². The monoisotopic (exact) mass is 307 g/mol. The number of anilines is 1. The molecule has 0 aliphatic carbocycles. The number of nitrogens with two attached hydrogens (primary N) is 1. The highest BCUT2D eigenvalue weighted by atomic mass is 35.5. The van der Waals surface area contributed by atoms with Crippen molar-refractivity contribution < 1.29 is 14.2 Å². The molecule has 0 radical (unpaired) electrons. The molecule has 4 nitrogen and oxygen atoms in total. The van der Waals surface area contributed by atoms with Crippen LogP contribution in [0.5, 0.6) is 17.2 Å². The van der Waals surface area contributed by atoms with Gasteiger partial charge in [0.05, 0.1) is 17.3 Å². The van der Waals surface area contributed by atoms with Crippen LogP contribution in [-0.2, 0) is 0 Å². The second kappa shape index (κ2) is 7.64. The SMILES string of the molecule is CCOc1ccccc1OCCOc1c(N)cccc1Cl. The molecule has 0 bridgehead atoms. The molecule has 0 aliphatic rings. The van der Waals surface area contributed by atoms with E-state index in [9.17, 15) is 0 Å². The van der Waals surface area contributed by atoms with Gasteiger partial charge in [0, 0.05) is 0 Å². The fraction of sp³-hybridized carbons (Fsp3) is 0.250. The zero-order chi connectivity index (χ0) is 15.1. The molecular formula is C16H18ClNO3. The highest BCUT2D eigenvalue weighted by molar-refractivity contribution is 6.32. The lowest BCUT2D eigenvalue weighted by atomic mass is 10.3. The number of ether oxygens (including phenoxy) is 3. The molecule has 0 spiro atoms. The van der Waals surface area contributed by atoms with Crippen molar-refractivity contribution in [2.45, 2.75) is 6.92 Å². The van der Waals surface area contributed by atoms with Gasteiger partial charge in [-0.2, -0.15) is 0 Å². The van der Waals surface area contributed by atoms with E-state index in [-0.39, 0.29) is 0 Å². The Hall–Kier alpha value is -2.07. The van der Waals surface area contributed by atoms with Gasteiger partial charge in [-0.05, 0) is 31.2 Å². The number of rotatable bonds is 7. The van der Waals surface area contributed by atoms with Crippen molar-refractivity contribution in [1.29, 1.82) is 0 Å². The summed E-state index contributed by atoms with van der Waals surface area (Å²) < 4.78 is 16.7. The van der Waals surface area contributed by atoms with Crippen molar-refractivity contribution in [3.63, 3.8) is 0 Å². The Balaban J connectivity index is 1.88. The molecule has 0 unspecified atom stereocenters. The molecular weight excluding hydrogens is 290 g/mol. The first-order chi connectivity index (χ1) is 10.2. The minimum Gasteiger partial charge on any atom is -0.490 e. The smallest absolute Gasteiger partial charge is 0.161 e. The fourth-order valence-corrected chi connectivity index (χ4v) is 2.05. The molecule has 2 aromatic carbocycles. The molecule has 0 aliphatic heterocycles. The first kappa shape index (κ1) is 15.3. The van der Waals surface area contributed by atoms with Crippen LogP contribution >= 0.6 is 11.6 Å². The molecule has 21 heavy (non-hydrogen) atoms. The van der Waals surface area contributed by atoms with Gasteiger partial charge in [-0.15, -0.1) is 0 Å². The van der Waals surface area contributed by atoms with E-state index < -0.39 is 0 Å². The Kier molecular flexibility index (Phi) is 5.58. The normalized spacial score (nSPS) is 10.2. The van der Waals surface area contributed by atoms with Gasteiger partial charge in [-0.1, -0.05) is 29.8 Å². The van der Waals surface area contributed by atoms with E-state index in [1.165, 1.54) is 0 Å². The van der Waals surface area contributed by atoms with E-state index in [4.69, 9.17) is 31.5 Å². The van der Waals surface area contributed by atoms with Crippen LogP contribution in [-0.4, -0.2) is 19.8 Å². The van der Waals surface area contributed by atoms with Crippen molar-refractivity contribution >= 4 is 17.3 Å². The molecule has 0 saturated carbocycles. The summed E-state index contributed by atoms with van der Waals surface area (Å²) >= 11 is 6.03. The Bertz CT molecular complexity index is 569. The zero-order valence-corrected chi connectivity index (χ0v) is 12.6. The van der Waals surface area contributed by atoms with Crippen molar-refractivity contribution in [1.82, 2.24) is 0 Å². The second-order valence-corrected chi connectivity index (χ2v) is 4.64. The molecule has 0 saturated heterocycles. The molecule has 2 aromatic rings. The number of para-hydroxylation sites is 3. The lowest BCUT2D eigenvalue weighted by molar-refractivity contribution is 0.209. The first-order valence-electron chi connectivity index (χ1n) is 6.73. The molecule has 2 rings (SSSR count). The van der Waals surface area contributed by atoms with Crippen LogP contribution in [0.1, 0.15) is 6.92 Å². The number of hydrogen-bond acceptors (Lipinski definition) is 4. The van der Waals surface area contributed by atoms with Gasteiger partial charge < -0.3 is 19.9 Å². The largest absolute Gasteiger partial charge is 0.490 e. The summed E-state index contributed by atoms with van der Waals surface area (Å²) in [5, 5.41) is 0.490. The van der Waals surface area contributed by atoms with Crippen LogP contribution in [0.3, 0.4) is 0 Å². The molecule has 0 atom stereocenters. The minimum absolute atomic E-state index is 0.342. The molecule has 112 valence electrons. The lowest BCUT2D eigenvalue weighted by Gasteiger charge is -2.13. The number of nitrogen functional groups attached to an aromatic ring is 1. The predicted octanol–water partition coefficient (Wildman–Crippen LogP) is 3.78. The Labute approximate surface area is 129 Å². The van der Waals surface area contributed by atoms with Gasteiger partial charge in [0.2, 0.25) is 0 Å². The summed E-state index contributed by atoms with van der Waals surface area (Å²) in [7, 11) is 0. The van der Waals surface area contributed by atoms with E-state index >= 15 is 0 Å². The van der Waals surface area contributed by atoms with Crippen LogP contribution in [0.25, 0.3) is 0 Å². The van der Waals surface area contributed by atoms with Crippen molar-refractivity contribution in [3.8, 4) is 17.2 Å². The third-order valence-corrected chi connectivity index (χ3v) is 3.03. The molecule has 5 heteroatoms. The quantitative estimate of drug-likeness (QED) is 0.625. The van der Waals surface area contributed by atoms with Gasteiger partial charge in [-0.3, -0.25) is 0 Å². The van der Waals surface area contributed by atoms with Crippen molar-refractivity contribution in [2.75, 3.05) is 25.6 Å². The summed E-state index contributed by atoms with van der Waals surface area (Å²) in [5.74, 6) is 1.90. The van der Waals surface area contributed by atoms with Crippen LogP contribution in [0, 0.1) is 0 Å². The molecule has 0 heterocycles. The number of benzene rings is 2. The van der Waals surface area contributed by atoms with Gasteiger partial charge >= 0.3 is 0 Å². The topological polar surface area (TPSA) is 53.7 Å². The molecule has 2 N–H and O–H groups in total. The standard InChI is InChI=1S/C16H18ClNO3/c1-2-19-14-8-3-4-9-15(14)20-10-11-21-16-12(17)6-5-7-13(16)18/h3-9H,2,10-11,18H2,1H3. The third kappa shape index (κ3) is 4.20. The van der Waals surface area contributed by atoms with Gasteiger partial charge in [0.1, 0.15) is 13.2 Å². The van der Waals surface area contributed by atoms with Crippen LogP contribution in [0.15, 0.2) is 42.5 Å². The predicted molar refractivity (Wildman–Crippen MR) is 84.5 cm³/mol. The van der Waals surface area contributed by atoms with Gasteiger partial charge in [-0.25, -0.2) is 0 Å². The maximum atomic E-state index is 6.03. The second-order valence-electron chi connectivity index (χ2n) is 4.23. The number of halogens is 1. The van der Waals surface area contributed by atoms with Crippen LogP contribution in [0.2, 0.25) is 5.02 Å². The van der Waals surface area contributed by atoms with Crippen molar-refractivity contribution in [3.05, 3.63) is 47.5 Å². The summed E-state index contributed by atoms with van der Waals surface area (Å²) in [6.07, 6.45) is 0. The fourth-order valence-electron chi connectivity index (χ4n) is 1.82. The van der Waals surface area contributed by atoms with E-state index in [2.05, 4.69) is 0 Å². The zero-order valence-electron chi connectivity index (χ0n) is 11.8.